The van der Waals surface area contributed by atoms with Crippen molar-refractivity contribution in [1.29, 1.82) is 0 Å². The highest BCUT2D eigenvalue weighted by molar-refractivity contribution is 5.95. The standard InChI is InChI=1S/C9H10O4/c1-3-6(10)7-4-5-8(13-7)9(11)12-2/h4-5H,3H2,1-2H3. The summed E-state index contributed by atoms with van der Waals surface area (Å²) in [4.78, 5) is 22.0. The van der Waals surface area contributed by atoms with Gasteiger partial charge in [-0.15, -0.1) is 0 Å². The molecule has 13 heavy (non-hydrogen) atoms. The van der Waals surface area contributed by atoms with Gasteiger partial charge in [-0.25, -0.2) is 4.79 Å². The van der Waals surface area contributed by atoms with Crippen molar-refractivity contribution < 1.29 is 18.7 Å². The van der Waals surface area contributed by atoms with Crippen molar-refractivity contribution in [1.82, 2.24) is 0 Å². The molecule has 70 valence electrons. The minimum Gasteiger partial charge on any atom is -0.463 e. The number of furan rings is 1. The lowest BCUT2D eigenvalue weighted by atomic mass is 10.2. The fourth-order valence-electron chi connectivity index (χ4n) is 0.872. The molecule has 4 nitrogen and oxygen atoms in total. The molecule has 0 bridgehead atoms. The molecule has 0 aliphatic carbocycles. The van der Waals surface area contributed by atoms with E-state index in [0.29, 0.717) is 6.42 Å². The Kier molecular flexibility index (Phi) is 2.84. The zero-order valence-corrected chi connectivity index (χ0v) is 7.49. The summed E-state index contributed by atoms with van der Waals surface area (Å²) >= 11 is 0. The maximum Gasteiger partial charge on any atom is 0.373 e. The van der Waals surface area contributed by atoms with Crippen LogP contribution in [0.5, 0.6) is 0 Å². The van der Waals surface area contributed by atoms with Gasteiger partial charge in [0, 0.05) is 6.42 Å². The number of rotatable bonds is 3. The zero-order valence-electron chi connectivity index (χ0n) is 7.49. The molecule has 1 rings (SSSR count). The third-order valence-electron chi connectivity index (χ3n) is 1.59. The van der Waals surface area contributed by atoms with Crippen LogP contribution in [-0.2, 0) is 4.74 Å². The number of carbonyl (C=O) groups is 2. The van der Waals surface area contributed by atoms with Gasteiger partial charge >= 0.3 is 5.97 Å². The first-order valence-corrected chi connectivity index (χ1v) is 3.90. The molecule has 0 fully saturated rings. The topological polar surface area (TPSA) is 56.5 Å². The first-order chi connectivity index (χ1) is 6.19. The second kappa shape index (κ2) is 3.89. The Hall–Kier alpha value is -1.58. The number of carbonyl (C=O) groups excluding carboxylic acids is 2. The minimum absolute atomic E-state index is 0.0549. The second-order valence-corrected chi connectivity index (χ2v) is 2.43. The Morgan fingerprint density at radius 2 is 2.00 bits per heavy atom. The van der Waals surface area contributed by atoms with Crippen LogP contribution in [0.3, 0.4) is 0 Å². The highest BCUT2D eigenvalue weighted by atomic mass is 16.5. The van der Waals surface area contributed by atoms with Crippen molar-refractivity contribution in [3.05, 3.63) is 23.7 Å². The summed E-state index contributed by atoms with van der Waals surface area (Å²) in [6, 6.07) is 2.90. The van der Waals surface area contributed by atoms with Crippen LogP contribution < -0.4 is 0 Å². The van der Waals surface area contributed by atoms with E-state index < -0.39 is 5.97 Å². The van der Waals surface area contributed by atoms with Gasteiger partial charge in [0.25, 0.3) is 0 Å². The molecule has 1 aromatic heterocycles. The number of hydrogen-bond donors (Lipinski definition) is 0. The van der Waals surface area contributed by atoms with Crippen LogP contribution in [0.2, 0.25) is 0 Å². The van der Waals surface area contributed by atoms with Crippen LogP contribution in [0.1, 0.15) is 34.5 Å². The van der Waals surface area contributed by atoms with Crippen LogP contribution in [0.15, 0.2) is 16.5 Å². The third kappa shape index (κ3) is 1.96. The number of esters is 1. The van der Waals surface area contributed by atoms with Crippen LogP contribution >= 0.6 is 0 Å². The molecule has 0 radical (unpaired) electrons. The third-order valence-corrected chi connectivity index (χ3v) is 1.59. The predicted octanol–water partition coefficient (Wildman–Crippen LogP) is 1.66. The van der Waals surface area contributed by atoms with Crippen molar-refractivity contribution in [2.75, 3.05) is 7.11 Å². The van der Waals surface area contributed by atoms with Gasteiger partial charge in [-0.05, 0) is 12.1 Å². The van der Waals surface area contributed by atoms with Crippen molar-refractivity contribution in [3.8, 4) is 0 Å². The molecular formula is C9H10O4. The summed E-state index contributed by atoms with van der Waals surface area (Å²) in [5.74, 6) is -0.451. The van der Waals surface area contributed by atoms with E-state index in [-0.39, 0.29) is 17.3 Å². The lowest BCUT2D eigenvalue weighted by molar-refractivity contribution is 0.0563. The van der Waals surface area contributed by atoms with E-state index in [2.05, 4.69) is 4.74 Å². The molecule has 0 aliphatic heterocycles. The van der Waals surface area contributed by atoms with Crippen molar-refractivity contribution in [2.45, 2.75) is 13.3 Å². The Labute approximate surface area is 75.5 Å². The molecule has 0 amide bonds. The van der Waals surface area contributed by atoms with Gasteiger partial charge in [0.15, 0.2) is 11.5 Å². The smallest absolute Gasteiger partial charge is 0.373 e. The Balaban J connectivity index is 2.86. The molecule has 0 saturated carbocycles. The summed E-state index contributed by atoms with van der Waals surface area (Å²) in [5.41, 5.74) is 0. The van der Waals surface area contributed by atoms with Crippen LogP contribution in [0, 0.1) is 0 Å². The summed E-state index contributed by atoms with van der Waals surface area (Å²) in [7, 11) is 1.26. The Morgan fingerprint density at radius 3 is 2.54 bits per heavy atom. The highest BCUT2D eigenvalue weighted by Crippen LogP contribution is 2.10. The SMILES string of the molecule is CCC(=O)c1ccc(C(=O)OC)o1. The summed E-state index contributed by atoms with van der Waals surface area (Å²) < 4.78 is 9.38. The monoisotopic (exact) mass is 182 g/mol. The van der Waals surface area contributed by atoms with E-state index in [0.717, 1.165) is 0 Å². The molecule has 0 aliphatic rings. The van der Waals surface area contributed by atoms with Gasteiger partial charge in [0.05, 0.1) is 7.11 Å². The lowest BCUT2D eigenvalue weighted by Gasteiger charge is -1.93. The highest BCUT2D eigenvalue weighted by Gasteiger charge is 2.14. The van der Waals surface area contributed by atoms with Crippen molar-refractivity contribution >= 4 is 11.8 Å². The molecule has 4 heteroatoms. The van der Waals surface area contributed by atoms with Gasteiger partial charge in [-0.2, -0.15) is 0 Å². The van der Waals surface area contributed by atoms with E-state index >= 15 is 0 Å². The average molecular weight is 182 g/mol. The molecule has 1 heterocycles. The molecule has 0 aromatic carbocycles. The first-order valence-electron chi connectivity index (χ1n) is 3.90. The van der Waals surface area contributed by atoms with E-state index in [9.17, 15) is 9.59 Å². The maximum atomic E-state index is 11.1. The fourth-order valence-corrected chi connectivity index (χ4v) is 0.872. The quantitative estimate of drug-likeness (QED) is 0.527. The minimum atomic E-state index is -0.574. The second-order valence-electron chi connectivity index (χ2n) is 2.43. The van der Waals surface area contributed by atoms with E-state index in [1.54, 1.807) is 6.92 Å². The van der Waals surface area contributed by atoms with Gasteiger partial charge in [-0.1, -0.05) is 6.92 Å². The molecule has 0 atom stereocenters. The van der Waals surface area contributed by atoms with Gasteiger partial charge in [-0.3, -0.25) is 4.79 Å². The van der Waals surface area contributed by atoms with Gasteiger partial charge < -0.3 is 9.15 Å². The van der Waals surface area contributed by atoms with Crippen LogP contribution in [-0.4, -0.2) is 18.9 Å². The Bertz CT molecular complexity index is 294. The molecule has 0 N–H and O–H groups in total. The zero-order chi connectivity index (χ0) is 9.84. The van der Waals surface area contributed by atoms with E-state index in [4.69, 9.17) is 4.42 Å². The number of ether oxygens (including phenoxy) is 1. The van der Waals surface area contributed by atoms with Crippen molar-refractivity contribution in [2.24, 2.45) is 0 Å². The largest absolute Gasteiger partial charge is 0.463 e. The maximum absolute atomic E-state index is 11.1. The number of hydrogen-bond acceptors (Lipinski definition) is 4. The summed E-state index contributed by atoms with van der Waals surface area (Å²) in [6.07, 6.45) is 0.355. The van der Waals surface area contributed by atoms with Crippen LogP contribution in [0.25, 0.3) is 0 Å². The first kappa shape index (κ1) is 9.51. The van der Waals surface area contributed by atoms with Gasteiger partial charge in [0.1, 0.15) is 0 Å². The van der Waals surface area contributed by atoms with Gasteiger partial charge in [0.2, 0.25) is 5.76 Å². The molecule has 0 unspecified atom stereocenters. The number of ketones is 1. The average Bonchev–Trinajstić information content (AvgIpc) is 2.64. The molecule has 0 saturated heterocycles. The normalized spacial score (nSPS) is 9.69. The number of Topliss-reactive ketones (excluding diaryl/α,β-unsaturated/α-hetero) is 1. The predicted molar refractivity (Wildman–Crippen MR) is 44.7 cm³/mol. The fraction of sp³-hybridized carbons (Fsp3) is 0.333. The molecular weight excluding hydrogens is 172 g/mol. The molecule has 0 spiro atoms. The van der Waals surface area contributed by atoms with Crippen molar-refractivity contribution in [3.63, 3.8) is 0 Å². The number of methoxy groups -OCH3 is 1. The van der Waals surface area contributed by atoms with Crippen LogP contribution in [0.4, 0.5) is 0 Å². The summed E-state index contributed by atoms with van der Waals surface area (Å²) in [6.45, 7) is 1.72. The van der Waals surface area contributed by atoms with E-state index in [1.165, 1.54) is 19.2 Å². The van der Waals surface area contributed by atoms with E-state index in [1.807, 2.05) is 0 Å². The Morgan fingerprint density at radius 1 is 1.38 bits per heavy atom. The molecule has 1 aromatic rings. The lowest BCUT2D eigenvalue weighted by Crippen LogP contribution is -1.99. The summed E-state index contributed by atoms with van der Waals surface area (Å²) in [5, 5.41) is 0.